The number of carbonyl (C=O) groups excluding carboxylic acids is 3. The van der Waals surface area contributed by atoms with E-state index in [1.165, 1.54) is 11.8 Å². The first-order valence-electron chi connectivity index (χ1n) is 10.6. The summed E-state index contributed by atoms with van der Waals surface area (Å²) in [5, 5.41) is 5.85. The molecule has 1 saturated heterocycles. The Labute approximate surface area is 191 Å². The van der Waals surface area contributed by atoms with Crippen LogP contribution in [0, 0.1) is 0 Å². The van der Waals surface area contributed by atoms with Crippen LogP contribution in [0.4, 0.5) is 5.82 Å². The highest BCUT2D eigenvalue weighted by molar-refractivity contribution is 8.00. The molecule has 1 aromatic heterocycles. The smallest absolute Gasteiger partial charge is 0.251 e. The van der Waals surface area contributed by atoms with Gasteiger partial charge in [-0.15, -0.1) is 11.8 Å². The van der Waals surface area contributed by atoms with E-state index in [9.17, 15) is 14.4 Å². The molecule has 3 amide bonds. The fourth-order valence-electron chi connectivity index (χ4n) is 3.91. The minimum absolute atomic E-state index is 0.0218. The number of hydrazine groups is 1. The van der Waals surface area contributed by atoms with Crippen molar-refractivity contribution in [2.24, 2.45) is 0 Å². The maximum absolute atomic E-state index is 13.4. The van der Waals surface area contributed by atoms with Gasteiger partial charge in [-0.25, -0.2) is 4.98 Å². The second-order valence-electron chi connectivity index (χ2n) is 7.87. The van der Waals surface area contributed by atoms with Crippen molar-refractivity contribution in [3.05, 3.63) is 54.2 Å². The Morgan fingerprint density at radius 3 is 2.47 bits per heavy atom. The van der Waals surface area contributed by atoms with Crippen molar-refractivity contribution in [1.29, 1.82) is 0 Å². The van der Waals surface area contributed by atoms with Gasteiger partial charge in [-0.05, 0) is 49.1 Å². The highest BCUT2D eigenvalue weighted by Gasteiger charge is 2.54. The van der Waals surface area contributed by atoms with Gasteiger partial charge in [-0.1, -0.05) is 18.2 Å². The zero-order chi connectivity index (χ0) is 22.6. The molecular formula is C23H26N4O4S. The van der Waals surface area contributed by atoms with Gasteiger partial charge in [-0.2, -0.15) is 0 Å². The molecule has 2 heterocycles. The van der Waals surface area contributed by atoms with Crippen LogP contribution >= 0.6 is 11.8 Å². The van der Waals surface area contributed by atoms with Crippen LogP contribution in [-0.2, 0) is 19.8 Å². The molecule has 1 aliphatic carbocycles. The van der Waals surface area contributed by atoms with Crippen LogP contribution in [0.25, 0.3) is 0 Å². The van der Waals surface area contributed by atoms with Crippen LogP contribution in [0.5, 0.6) is 5.75 Å². The molecule has 1 aliphatic heterocycles. The Balaban J connectivity index is 1.32. The zero-order valence-electron chi connectivity index (χ0n) is 18.0. The molecule has 4 rings (SSSR count). The van der Waals surface area contributed by atoms with Gasteiger partial charge in [0.2, 0.25) is 5.91 Å². The third kappa shape index (κ3) is 4.72. The molecule has 9 heteroatoms. The topological polar surface area (TPSA) is 91.8 Å². The molecule has 0 radical (unpaired) electrons. The standard InChI is InChI=1S/C23H26N4O4S/c1-31-18-8-6-17(7-9-18)23(10-11-23)22(30)27-14-4-13-26(27)21(29)16-32-15-20(28)25-19-5-2-3-12-24-19/h2-3,5-9,12H,4,10-11,13-16H2,1H3,(H,24,25,28). The highest BCUT2D eigenvalue weighted by Crippen LogP contribution is 2.50. The molecule has 8 nitrogen and oxygen atoms in total. The summed E-state index contributed by atoms with van der Waals surface area (Å²) < 4.78 is 5.22. The third-order valence-electron chi connectivity index (χ3n) is 5.75. The Hall–Kier alpha value is -3.07. The Morgan fingerprint density at radius 1 is 1.06 bits per heavy atom. The molecular weight excluding hydrogens is 428 g/mol. The van der Waals surface area contributed by atoms with Crippen molar-refractivity contribution < 1.29 is 19.1 Å². The van der Waals surface area contributed by atoms with E-state index in [0.29, 0.717) is 18.9 Å². The molecule has 0 unspecified atom stereocenters. The third-order valence-corrected chi connectivity index (χ3v) is 6.66. The maximum Gasteiger partial charge on any atom is 0.251 e. The summed E-state index contributed by atoms with van der Waals surface area (Å²) >= 11 is 1.23. The summed E-state index contributed by atoms with van der Waals surface area (Å²) in [5.41, 5.74) is 0.411. The second-order valence-corrected chi connectivity index (χ2v) is 8.85. The number of benzene rings is 1. The summed E-state index contributed by atoms with van der Waals surface area (Å²) in [6, 6.07) is 12.9. The van der Waals surface area contributed by atoms with Gasteiger partial charge in [0, 0.05) is 19.3 Å². The highest BCUT2D eigenvalue weighted by atomic mass is 32.2. The second kappa shape index (κ2) is 9.60. The molecule has 1 saturated carbocycles. The lowest BCUT2D eigenvalue weighted by Crippen LogP contribution is -2.49. The number of rotatable bonds is 8. The SMILES string of the molecule is COc1ccc(C2(C(=O)N3CCCN3C(=O)CSCC(=O)Nc3ccccn3)CC2)cc1. The predicted molar refractivity (Wildman–Crippen MR) is 122 cm³/mol. The lowest BCUT2D eigenvalue weighted by Gasteiger charge is -2.31. The molecule has 32 heavy (non-hydrogen) atoms. The summed E-state index contributed by atoms with van der Waals surface area (Å²) in [5.74, 6) is 1.11. The first-order valence-corrected chi connectivity index (χ1v) is 11.7. The summed E-state index contributed by atoms with van der Waals surface area (Å²) in [7, 11) is 1.61. The molecule has 0 atom stereocenters. The average Bonchev–Trinajstić information content (AvgIpc) is 3.48. The summed E-state index contributed by atoms with van der Waals surface area (Å²) in [6.45, 7) is 1.05. The van der Waals surface area contributed by atoms with Gasteiger partial charge in [-0.3, -0.25) is 24.4 Å². The quantitative estimate of drug-likeness (QED) is 0.659. The number of amides is 3. The fourth-order valence-corrected chi connectivity index (χ4v) is 4.59. The lowest BCUT2D eigenvalue weighted by atomic mass is 9.94. The molecule has 168 valence electrons. The van der Waals surface area contributed by atoms with Crippen LogP contribution < -0.4 is 10.1 Å². The van der Waals surface area contributed by atoms with Crippen LogP contribution in [0.3, 0.4) is 0 Å². The van der Waals surface area contributed by atoms with Gasteiger partial charge in [0.05, 0.1) is 24.0 Å². The first-order chi connectivity index (χ1) is 15.5. The van der Waals surface area contributed by atoms with Gasteiger partial charge in [0.1, 0.15) is 11.6 Å². The van der Waals surface area contributed by atoms with Crippen molar-refractivity contribution in [3.63, 3.8) is 0 Å². The number of carbonyl (C=O) groups is 3. The maximum atomic E-state index is 13.4. The number of hydrogen-bond acceptors (Lipinski definition) is 6. The van der Waals surface area contributed by atoms with Crippen LogP contribution in [0.2, 0.25) is 0 Å². The Bertz CT molecular complexity index is 979. The number of nitrogens with one attached hydrogen (secondary N) is 1. The van der Waals surface area contributed by atoms with Crippen LogP contribution in [0.1, 0.15) is 24.8 Å². The number of anilines is 1. The van der Waals surface area contributed by atoms with Crippen molar-refractivity contribution >= 4 is 35.3 Å². The average molecular weight is 455 g/mol. The molecule has 2 aromatic rings. The monoisotopic (exact) mass is 454 g/mol. The van der Waals surface area contributed by atoms with E-state index in [2.05, 4.69) is 10.3 Å². The Morgan fingerprint density at radius 2 is 1.81 bits per heavy atom. The van der Waals surface area contributed by atoms with Gasteiger partial charge in [0.25, 0.3) is 11.8 Å². The zero-order valence-corrected chi connectivity index (χ0v) is 18.8. The molecule has 0 spiro atoms. The minimum Gasteiger partial charge on any atom is -0.497 e. The van der Waals surface area contributed by atoms with Crippen LogP contribution in [0.15, 0.2) is 48.7 Å². The van der Waals surface area contributed by atoms with Crippen LogP contribution in [-0.4, -0.2) is 64.4 Å². The number of aromatic nitrogens is 1. The number of ether oxygens (including phenoxy) is 1. The van der Waals surface area contributed by atoms with Gasteiger partial charge < -0.3 is 10.1 Å². The van der Waals surface area contributed by atoms with Crippen molar-refractivity contribution in [3.8, 4) is 5.75 Å². The van der Waals surface area contributed by atoms with E-state index in [4.69, 9.17) is 4.74 Å². The Kier molecular flexibility index (Phi) is 6.64. The van der Waals surface area contributed by atoms with E-state index in [0.717, 1.165) is 30.6 Å². The number of nitrogens with zero attached hydrogens (tertiary/aromatic N) is 3. The van der Waals surface area contributed by atoms with E-state index in [1.807, 2.05) is 24.3 Å². The van der Waals surface area contributed by atoms with E-state index >= 15 is 0 Å². The van der Waals surface area contributed by atoms with Gasteiger partial charge in [0.15, 0.2) is 0 Å². The number of thioether (sulfide) groups is 1. The first kappa shape index (κ1) is 22.1. The lowest BCUT2D eigenvalue weighted by molar-refractivity contribution is -0.158. The van der Waals surface area contributed by atoms with E-state index in [1.54, 1.807) is 41.5 Å². The van der Waals surface area contributed by atoms with E-state index < -0.39 is 5.41 Å². The van der Waals surface area contributed by atoms with Crippen molar-refractivity contribution in [2.75, 3.05) is 37.0 Å². The molecule has 2 aliphatic rings. The molecule has 1 N–H and O–H groups in total. The van der Waals surface area contributed by atoms with Crippen molar-refractivity contribution in [2.45, 2.75) is 24.7 Å². The normalized spacial score (nSPS) is 16.5. The molecule has 1 aromatic carbocycles. The summed E-state index contributed by atoms with van der Waals surface area (Å²) in [4.78, 5) is 42.3. The fraction of sp³-hybridized carbons (Fsp3) is 0.391. The number of pyridine rings is 1. The minimum atomic E-state index is -0.551. The van der Waals surface area contributed by atoms with E-state index in [-0.39, 0.29) is 29.2 Å². The van der Waals surface area contributed by atoms with Crippen molar-refractivity contribution in [1.82, 2.24) is 15.0 Å². The predicted octanol–water partition coefficient (Wildman–Crippen LogP) is 2.47. The number of hydrogen-bond donors (Lipinski definition) is 1. The summed E-state index contributed by atoms with van der Waals surface area (Å²) in [6.07, 6.45) is 3.91. The number of methoxy groups -OCH3 is 1. The molecule has 2 fully saturated rings. The van der Waals surface area contributed by atoms with Gasteiger partial charge >= 0.3 is 0 Å². The largest absolute Gasteiger partial charge is 0.497 e. The molecule has 0 bridgehead atoms.